The van der Waals surface area contributed by atoms with Gasteiger partial charge in [0.25, 0.3) is 0 Å². The lowest BCUT2D eigenvalue weighted by Crippen LogP contribution is -2.48. The molecule has 0 atom stereocenters. The van der Waals surface area contributed by atoms with Crippen molar-refractivity contribution in [3.8, 4) is 0 Å². The number of fused-ring (bicyclic) bond motifs is 1. The fraction of sp³-hybridized carbons (Fsp3) is 0.519. The summed E-state index contributed by atoms with van der Waals surface area (Å²) in [4.78, 5) is 27.2. The molecule has 0 aliphatic carbocycles. The third-order valence-corrected chi connectivity index (χ3v) is 7.67. The lowest BCUT2D eigenvalue weighted by Gasteiger charge is -2.34. The predicted molar refractivity (Wildman–Crippen MR) is 143 cm³/mol. The Kier molecular flexibility index (Phi) is 8.81. The number of nitrogens with one attached hydrogen (secondary N) is 1. The molecule has 1 N–H and O–H groups in total. The molecule has 3 heterocycles. The third-order valence-electron chi connectivity index (χ3n) is 6.54. The van der Waals surface area contributed by atoms with Crippen molar-refractivity contribution in [3.05, 3.63) is 48.0 Å². The first kappa shape index (κ1) is 25.7. The Balaban J connectivity index is 1.20. The van der Waals surface area contributed by atoms with Gasteiger partial charge >= 0.3 is 0 Å². The summed E-state index contributed by atoms with van der Waals surface area (Å²) in [5.74, 6) is 1.84. The van der Waals surface area contributed by atoms with Gasteiger partial charge in [-0.15, -0.1) is 11.8 Å². The number of pyridine rings is 1. The van der Waals surface area contributed by atoms with Crippen molar-refractivity contribution in [2.75, 3.05) is 50.3 Å². The first-order chi connectivity index (χ1) is 16.9. The molecular formula is C27H37N5O2S. The minimum absolute atomic E-state index is 0.0842. The second-order valence-electron chi connectivity index (χ2n) is 9.80. The van der Waals surface area contributed by atoms with Crippen LogP contribution in [0, 0.1) is 0 Å². The van der Waals surface area contributed by atoms with Gasteiger partial charge < -0.3 is 14.6 Å². The molecule has 0 spiro atoms. The van der Waals surface area contributed by atoms with E-state index in [0.29, 0.717) is 24.0 Å². The maximum atomic E-state index is 12.9. The number of aromatic nitrogens is 2. The summed E-state index contributed by atoms with van der Waals surface area (Å²) in [7, 11) is 0. The van der Waals surface area contributed by atoms with E-state index in [4.69, 9.17) is 4.42 Å². The van der Waals surface area contributed by atoms with Gasteiger partial charge in [-0.1, -0.05) is 45.9 Å². The smallest absolute Gasteiger partial charge is 0.238 e. The Morgan fingerprint density at radius 2 is 1.71 bits per heavy atom. The summed E-state index contributed by atoms with van der Waals surface area (Å²) < 4.78 is 5.47. The van der Waals surface area contributed by atoms with Crippen molar-refractivity contribution < 1.29 is 9.21 Å². The highest BCUT2D eigenvalue weighted by atomic mass is 32.2. The van der Waals surface area contributed by atoms with E-state index < -0.39 is 0 Å². The molecule has 4 rings (SSSR count). The van der Waals surface area contributed by atoms with Gasteiger partial charge in [0.2, 0.25) is 5.91 Å². The number of hydrogen-bond donors (Lipinski definition) is 1. The molecule has 1 aliphatic heterocycles. The summed E-state index contributed by atoms with van der Waals surface area (Å²) in [6, 6.07) is 8.35. The van der Waals surface area contributed by atoms with Gasteiger partial charge in [0.05, 0.1) is 11.4 Å². The molecule has 1 amide bonds. The number of benzene rings is 1. The standard InChI is InChI=1S/C27H37N5O2S/c1-19(2)21-7-5-8-22(20(3)4)25(21)30-24(33)17-32-14-12-31(13-15-32)11-6-16-35-23-9-10-28-27-26(23)34-18-29-27/h5,7-10,18-20H,6,11-17H2,1-4H3,(H,30,33). The zero-order valence-corrected chi connectivity index (χ0v) is 22.1. The van der Waals surface area contributed by atoms with Gasteiger partial charge in [-0.3, -0.25) is 9.69 Å². The molecule has 1 fully saturated rings. The molecule has 188 valence electrons. The van der Waals surface area contributed by atoms with Crippen molar-refractivity contribution in [2.24, 2.45) is 0 Å². The van der Waals surface area contributed by atoms with Gasteiger partial charge in [0, 0.05) is 38.1 Å². The molecule has 3 aromatic rings. The van der Waals surface area contributed by atoms with Crippen LogP contribution in [0.3, 0.4) is 0 Å². The van der Waals surface area contributed by atoms with Crippen LogP contribution < -0.4 is 5.32 Å². The number of carbonyl (C=O) groups is 1. The SMILES string of the molecule is CC(C)c1cccc(C(C)C)c1NC(=O)CN1CCN(CCCSc2ccnc3ncoc23)CC1. The zero-order chi connectivity index (χ0) is 24.8. The molecule has 1 aliphatic rings. The van der Waals surface area contributed by atoms with E-state index in [-0.39, 0.29) is 5.91 Å². The Morgan fingerprint density at radius 3 is 2.40 bits per heavy atom. The lowest BCUT2D eigenvalue weighted by molar-refractivity contribution is -0.117. The van der Waals surface area contributed by atoms with Crippen molar-refractivity contribution in [3.63, 3.8) is 0 Å². The summed E-state index contributed by atoms with van der Waals surface area (Å²) >= 11 is 1.80. The molecular weight excluding hydrogens is 458 g/mol. The zero-order valence-electron chi connectivity index (χ0n) is 21.3. The average molecular weight is 496 g/mol. The molecule has 0 radical (unpaired) electrons. The van der Waals surface area contributed by atoms with E-state index in [1.165, 1.54) is 17.5 Å². The maximum absolute atomic E-state index is 12.9. The molecule has 0 bridgehead atoms. The highest BCUT2D eigenvalue weighted by Gasteiger charge is 2.21. The highest BCUT2D eigenvalue weighted by molar-refractivity contribution is 7.99. The Morgan fingerprint density at radius 1 is 1.03 bits per heavy atom. The van der Waals surface area contributed by atoms with Crippen LogP contribution in [0.4, 0.5) is 5.69 Å². The number of para-hydroxylation sites is 1. The summed E-state index contributed by atoms with van der Waals surface area (Å²) in [6.45, 7) is 14.1. The van der Waals surface area contributed by atoms with Crippen LogP contribution in [-0.4, -0.2) is 70.7 Å². The number of hydrogen-bond acceptors (Lipinski definition) is 7. The van der Waals surface area contributed by atoms with E-state index in [2.05, 4.69) is 71.0 Å². The normalized spacial score (nSPS) is 15.4. The van der Waals surface area contributed by atoms with Gasteiger partial charge in [-0.05, 0) is 47.7 Å². The Hall–Kier alpha value is -2.42. The number of carbonyl (C=O) groups excluding carboxylic acids is 1. The van der Waals surface area contributed by atoms with Crippen LogP contribution in [0.2, 0.25) is 0 Å². The van der Waals surface area contributed by atoms with Gasteiger partial charge in [0.1, 0.15) is 0 Å². The fourth-order valence-corrected chi connectivity index (χ4v) is 5.51. The number of rotatable bonds is 10. The van der Waals surface area contributed by atoms with E-state index in [0.717, 1.165) is 61.1 Å². The maximum Gasteiger partial charge on any atom is 0.238 e. The van der Waals surface area contributed by atoms with Crippen molar-refractivity contribution in [2.45, 2.75) is 50.8 Å². The fourth-order valence-electron chi connectivity index (χ4n) is 4.58. The largest absolute Gasteiger partial charge is 0.441 e. The number of oxazole rings is 1. The van der Waals surface area contributed by atoms with Gasteiger partial charge in [0.15, 0.2) is 17.6 Å². The molecule has 8 heteroatoms. The minimum atomic E-state index is 0.0842. The summed E-state index contributed by atoms with van der Waals surface area (Å²) in [5.41, 5.74) is 4.88. The van der Waals surface area contributed by atoms with Crippen molar-refractivity contribution >= 4 is 34.6 Å². The van der Waals surface area contributed by atoms with Crippen LogP contribution in [-0.2, 0) is 4.79 Å². The van der Waals surface area contributed by atoms with E-state index in [1.54, 1.807) is 18.0 Å². The van der Waals surface area contributed by atoms with E-state index >= 15 is 0 Å². The quantitative estimate of drug-likeness (QED) is 0.306. The van der Waals surface area contributed by atoms with Crippen molar-refractivity contribution in [1.82, 2.24) is 19.8 Å². The number of amides is 1. The van der Waals surface area contributed by atoms with Crippen LogP contribution in [0.5, 0.6) is 0 Å². The Bertz CT molecular complexity index is 1100. The first-order valence-electron chi connectivity index (χ1n) is 12.6. The van der Waals surface area contributed by atoms with Crippen LogP contribution in [0.15, 0.2) is 46.2 Å². The third kappa shape index (κ3) is 6.63. The first-order valence-corrected chi connectivity index (χ1v) is 13.6. The monoisotopic (exact) mass is 495 g/mol. The number of piperazine rings is 1. The van der Waals surface area contributed by atoms with E-state index in [1.807, 2.05) is 6.07 Å². The molecule has 0 saturated carbocycles. The molecule has 1 saturated heterocycles. The highest BCUT2D eigenvalue weighted by Crippen LogP contribution is 2.32. The van der Waals surface area contributed by atoms with Crippen molar-refractivity contribution in [1.29, 1.82) is 0 Å². The van der Waals surface area contributed by atoms with Gasteiger partial charge in [-0.2, -0.15) is 4.98 Å². The number of nitrogens with zero attached hydrogens (tertiary/aromatic N) is 4. The Labute approximate surface area is 212 Å². The molecule has 7 nitrogen and oxygen atoms in total. The number of anilines is 1. The van der Waals surface area contributed by atoms with Crippen LogP contribution in [0.1, 0.15) is 57.1 Å². The summed E-state index contributed by atoms with van der Waals surface area (Å²) in [5, 5.41) is 3.25. The molecule has 0 unspecified atom stereocenters. The molecule has 35 heavy (non-hydrogen) atoms. The van der Waals surface area contributed by atoms with Crippen LogP contribution in [0.25, 0.3) is 11.2 Å². The predicted octanol–water partition coefficient (Wildman–Crippen LogP) is 5.21. The number of thioether (sulfide) groups is 1. The second-order valence-corrected chi connectivity index (χ2v) is 10.9. The second kappa shape index (κ2) is 12.0. The molecule has 2 aromatic heterocycles. The van der Waals surface area contributed by atoms with E-state index in [9.17, 15) is 4.79 Å². The van der Waals surface area contributed by atoms with Crippen LogP contribution >= 0.6 is 11.8 Å². The van der Waals surface area contributed by atoms with Gasteiger partial charge in [-0.25, -0.2) is 4.98 Å². The molecule has 1 aromatic carbocycles. The minimum Gasteiger partial charge on any atom is -0.441 e. The average Bonchev–Trinajstić information content (AvgIpc) is 3.32. The topological polar surface area (TPSA) is 74.5 Å². The lowest BCUT2D eigenvalue weighted by atomic mass is 9.92. The summed E-state index contributed by atoms with van der Waals surface area (Å²) in [6.07, 6.45) is 4.34.